The number of carbonyl (C=O) groups is 1. The molecule has 0 atom stereocenters. The van der Waals surface area contributed by atoms with Crippen LogP contribution < -0.4 is 16.4 Å². The van der Waals surface area contributed by atoms with E-state index >= 15 is 0 Å². The molecule has 0 aromatic carbocycles. The van der Waals surface area contributed by atoms with E-state index in [9.17, 15) is 4.79 Å². The summed E-state index contributed by atoms with van der Waals surface area (Å²) in [7, 11) is 0. The summed E-state index contributed by atoms with van der Waals surface area (Å²) in [6, 6.07) is 3.94. The minimum Gasteiger partial charge on any atom is -0.370 e. The van der Waals surface area contributed by atoms with Crippen molar-refractivity contribution in [2.45, 2.75) is 19.4 Å². The number of primary amides is 1. The van der Waals surface area contributed by atoms with E-state index in [0.717, 1.165) is 37.3 Å². The molecule has 1 fully saturated rings. The number of aromatic nitrogens is 1. The normalized spacial score (nSPS) is 17.1. The molecule has 1 aliphatic heterocycles. The molecule has 1 aliphatic rings. The summed E-state index contributed by atoms with van der Waals surface area (Å²) in [5.74, 6) is -0.167. The van der Waals surface area contributed by atoms with Crippen molar-refractivity contribution < 1.29 is 4.79 Å². The highest BCUT2D eigenvalue weighted by atomic mass is 16.1. The first-order chi connectivity index (χ1) is 8.22. The van der Waals surface area contributed by atoms with Crippen LogP contribution in [0.3, 0.4) is 0 Å². The zero-order chi connectivity index (χ0) is 12.3. The van der Waals surface area contributed by atoms with Crippen LogP contribution in [-0.2, 0) is 11.3 Å². The van der Waals surface area contributed by atoms with Crippen LogP contribution in [0, 0.1) is 5.92 Å². The molecular weight excluding hydrogens is 216 g/mol. The lowest BCUT2D eigenvalue weighted by Gasteiger charge is -2.33. The molecule has 0 aliphatic carbocycles. The van der Waals surface area contributed by atoms with Gasteiger partial charge in [-0.1, -0.05) is 0 Å². The topological polar surface area (TPSA) is 85.2 Å². The molecule has 1 saturated heterocycles. The Kier molecular flexibility index (Phi) is 3.58. The summed E-state index contributed by atoms with van der Waals surface area (Å²) in [4.78, 5) is 17.6. The van der Waals surface area contributed by atoms with Crippen LogP contribution in [0.15, 0.2) is 18.3 Å². The molecule has 0 saturated carbocycles. The monoisotopic (exact) mass is 234 g/mol. The number of hydrogen-bond acceptors (Lipinski definition) is 4. The number of hydrogen-bond donors (Lipinski definition) is 2. The number of carbonyl (C=O) groups excluding carboxylic acids is 1. The van der Waals surface area contributed by atoms with Crippen LogP contribution in [0.5, 0.6) is 0 Å². The predicted octanol–water partition coefficient (Wildman–Crippen LogP) is 0.242. The van der Waals surface area contributed by atoms with Gasteiger partial charge in [0.05, 0.1) is 11.4 Å². The van der Waals surface area contributed by atoms with Crippen LogP contribution in [0.25, 0.3) is 0 Å². The third-order valence-electron chi connectivity index (χ3n) is 3.30. The third-order valence-corrected chi connectivity index (χ3v) is 3.30. The van der Waals surface area contributed by atoms with Crippen molar-refractivity contribution in [3.63, 3.8) is 0 Å². The summed E-state index contributed by atoms with van der Waals surface area (Å²) in [5.41, 5.74) is 13.0. The molecular formula is C12H18N4O. The SMILES string of the molecule is NCc1ncccc1N1CCC(C(N)=O)CC1. The number of piperidine rings is 1. The Morgan fingerprint density at radius 3 is 2.76 bits per heavy atom. The van der Waals surface area contributed by atoms with Crippen LogP contribution in [-0.4, -0.2) is 24.0 Å². The quantitative estimate of drug-likeness (QED) is 0.784. The van der Waals surface area contributed by atoms with E-state index in [4.69, 9.17) is 11.5 Å². The van der Waals surface area contributed by atoms with Gasteiger partial charge in [0.1, 0.15) is 0 Å². The number of anilines is 1. The zero-order valence-electron chi connectivity index (χ0n) is 9.80. The fraction of sp³-hybridized carbons (Fsp3) is 0.500. The Hall–Kier alpha value is -1.62. The summed E-state index contributed by atoms with van der Waals surface area (Å²) < 4.78 is 0. The van der Waals surface area contributed by atoms with Crippen molar-refractivity contribution in [1.29, 1.82) is 0 Å². The maximum atomic E-state index is 11.1. The van der Waals surface area contributed by atoms with Gasteiger partial charge in [-0.05, 0) is 25.0 Å². The first kappa shape index (κ1) is 11.9. The Morgan fingerprint density at radius 2 is 2.18 bits per heavy atom. The minimum atomic E-state index is -0.185. The second kappa shape index (κ2) is 5.14. The van der Waals surface area contributed by atoms with Crippen LogP contribution in [0.4, 0.5) is 5.69 Å². The van der Waals surface area contributed by atoms with E-state index < -0.39 is 0 Å². The van der Waals surface area contributed by atoms with Crippen LogP contribution in [0.1, 0.15) is 18.5 Å². The zero-order valence-corrected chi connectivity index (χ0v) is 9.80. The first-order valence-corrected chi connectivity index (χ1v) is 5.90. The summed E-state index contributed by atoms with van der Waals surface area (Å²) in [5, 5.41) is 0. The lowest BCUT2D eigenvalue weighted by atomic mass is 9.96. The highest BCUT2D eigenvalue weighted by molar-refractivity contribution is 5.77. The molecule has 0 radical (unpaired) electrons. The summed E-state index contributed by atoms with van der Waals surface area (Å²) >= 11 is 0. The van der Waals surface area contributed by atoms with Gasteiger partial charge in [-0.25, -0.2) is 0 Å². The molecule has 5 nitrogen and oxygen atoms in total. The Labute approximate surface area is 101 Å². The lowest BCUT2D eigenvalue weighted by molar-refractivity contribution is -0.122. The molecule has 5 heteroatoms. The molecule has 4 N–H and O–H groups in total. The maximum Gasteiger partial charge on any atom is 0.220 e. The standard InChI is InChI=1S/C12H18N4O/c13-8-10-11(2-1-5-15-10)16-6-3-9(4-7-16)12(14)17/h1-2,5,9H,3-4,6-8,13H2,(H2,14,17). The maximum absolute atomic E-state index is 11.1. The van der Waals surface area contributed by atoms with Gasteiger partial charge in [-0.15, -0.1) is 0 Å². The van der Waals surface area contributed by atoms with Gasteiger partial charge in [0.25, 0.3) is 0 Å². The smallest absolute Gasteiger partial charge is 0.220 e. The molecule has 1 amide bonds. The number of pyridine rings is 1. The second-order valence-corrected chi connectivity index (χ2v) is 4.34. The van der Waals surface area contributed by atoms with Gasteiger partial charge in [0, 0.05) is 31.7 Å². The molecule has 0 bridgehead atoms. The van der Waals surface area contributed by atoms with E-state index in [1.54, 1.807) is 6.20 Å². The van der Waals surface area contributed by atoms with Gasteiger partial charge in [-0.3, -0.25) is 9.78 Å². The van der Waals surface area contributed by atoms with Crippen LogP contribution >= 0.6 is 0 Å². The average molecular weight is 234 g/mol. The van der Waals surface area contributed by atoms with E-state index in [0.29, 0.717) is 6.54 Å². The largest absolute Gasteiger partial charge is 0.370 e. The fourth-order valence-corrected chi connectivity index (χ4v) is 2.28. The van der Waals surface area contributed by atoms with Crippen molar-refractivity contribution in [2.24, 2.45) is 17.4 Å². The van der Waals surface area contributed by atoms with Crippen molar-refractivity contribution in [2.75, 3.05) is 18.0 Å². The molecule has 92 valence electrons. The fourth-order valence-electron chi connectivity index (χ4n) is 2.28. The molecule has 17 heavy (non-hydrogen) atoms. The molecule has 2 heterocycles. The highest BCUT2D eigenvalue weighted by Crippen LogP contribution is 2.24. The van der Waals surface area contributed by atoms with E-state index in [1.807, 2.05) is 12.1 Å². The van der Waals surface area contributed by atoms with Crippen molar-refractivity contribution >= 4 is 11.6 Å². The Morgan fingerprint density at radius 1 is 1.47 bits per heavy atom. The molecule has 0 unspecified atom stereocenters. The first-order valence-electron chi connectivity index (χ1n) is 5.90. The average Bonchev–Trinajstić information content (AvgIpc) is 2.39. The number of nitrogens with two attached hydrogens (primary N) is 2. The third kappa shape index (κ3) is 2.55. The molecule has 2 rings (SSSR count). The molecule has 1 aromatic rings. The Bertz CT molecular complexity index is 399. The number of nitrogens with zero attached hydrogens (tertiary/aromatic N) is 2. The van der Waals surface area contributed by atoms with Crippen LogP contribution in [0.2, 0.25) is 0 Å². The molecule has 0 spiro atoms. The number of amides is 1. The molecule has 1 aromatic heterocycles. The van der Waals surface area contributed by atoms with Gasteiger partial charge < -0.3 is 16.4 Å². The highest BCUT2D eigenvalue weighted by Gasteiger charge is 2.24. The van der Waals surface area contributed by atoms with E-state index in [2.05, 4.69) is 9.88 Å². The number of rotatable bonds is 3. The van der Waals surface area contributed by atoms with Crippen molar-refractivity contribution in [3.8, 4) is 0 Å². The van der Waals surface area contributed by atoms with Gasteiger partial charge in [0.15, 0.2) is 0 Å². The van der Waals surface area contributed by atoms with E-state index in [-0.39, 0.29) is 11.8 Å². The second-order valence-electron chi connectivity index (χ2n) is 4.34. The van der Waals surface area contributed by atoms with Gasteiger partial charge in [0.2, 0.25) is 5.91 Å². The summed E-state index contributed by atoms with van der Waals surface area (Å²) in [6.45, 7) is 2.12. The van der Waals surface area contributed by atoms with Crippen molar-refractivity contribution in [1.82, 2.24) is 4.98 Å². The predicted molar refractivity (Wildman–Crippen MR) is 66.3 cm³/mol. The van der Waals surface area contributed by atoms with E-state index in [1.165, 1.54) is 0 Å². The summed E-state index contributed by atoms with van der Waals surface area (Å²) in [6.07, 6.45) is 3.38. The Balaban J connectivity index is 2.07. The lowest BCUT2D eigenvalue weighted by Crippen LogP contribution is -2.39. The van der Waals surface area contributed by atoms with Gasteiger partial charge >= 0.3 is 0 Å². The van der Waals surface area contributed by atoms with Crippen molar-refractivity contribution in [3.05, 3.63) is 24.0 Å². The van der Waals surface area contributed by atoms with Gasteiger partial charge in [-0.2, -0.15) is 0 Å². The minimum absolute atomic E-state index is 0.0178.